The molecule has 1 aliphatic heterocycles. The Bertz CT molecular complexity index is 836. The van der Waals surface area contributed by atoms with E-state index >= 15 is 0 Å². The van der Waals surface area contributed by atoms with Crippen LogP contribution in [-0.2, 0) is 36.7 Å². The Morgan fingerprint density at radius 2 is 2.17 bits per heavy atom. The van der Waals surface area contributed by atoms with Gasteiger partial charge in [0.2, 0.25) is 10.0 Å². The largest absolute Gasteiger partial charge is 0.347 e. The predicted molar refractivity (Wildman–Crippen MR) is 84.1 cm³/mol. The van der Waals surface area contributed by atoms with Crippen molar-refractivity contribution in [3.63, 3.8) is 0 Å². The van der Waals surface area contributed by atoms with Crippen LogP contribution < -0.4 is 5.32 Å². The molecule has 3 heterocycles. The van der Waals surface area contributed by atoms with Crippen LogP contribution in [0.15, 0.2) is 24.5 Å². The summed E-state index contributed by atoms with van der Waals surface area (Å²) in [7, 11) is -1.40. The number of sulfonamides is 1. The zero-order chi connectivity index (χ0) is 16.6. The minimum atomic E-state index is -3.21. The Labute approximate surface area is 134 Å². The number of nitrogens with one attached hydrogen (secondary N) is 1. The first-order chi connectivity index (χ1) is 10.9. The van der Waals surface area contributed by atoms with Gasteiger partial charge in [-0.25, -0.2) is 13.4 Å². The average molecular weight is 337 g/mol. The standard InChI is InChI=1S/C14H19N5O3S/c1-17-5-3-4-12(17)14(20)16-9-11-8-15-13-10-18(23(2,21)22)6-7-19(11)13/h3-5,8H,6-7,9-10H2,1-2H3,(H,16,20). The SMILES string of the molecule is Cn1cccc1C(=O)NCc1cnc2n1CCN(S(C)(=O)=O)C2. The molecule has 0 aliphatic carbocycles. The second kappa shape index (κ2) is 5.82. The van der Waals surface area contributed by atoms with Crippen LogP contribution in [0.1, 0.15) is 22.0 Å². The van der Waals surface area contributed by atoms with Crippen LogP contribution in [-0.4, -0.2) is 45.5 Å². The van der Waals surface area contributed by atoms with E-state index in [9.17, 15) is 13.2 Å². The van der Waals surface area contributed by atoms with Crippen molar-refractivity contribution in [1.82, 2.24) is 23.7 Å². The Kier molecular flexibility index (Phi) is 3.99. The van der Waals surface area contributed by atoms with Crippen LogP contribution in [0.5, 0.6) is 0 Å². The van der Waals surface area contributed by atoms with Gasteiger partial charge in [0.05, 0.1) is 31.2 Å². The monoisotopic (exact) mass is 337 g/mol. The third-order valence-electron chi connectivity index (χ3n) is 3.99. The van der Waals surface area contributed by atoms with E-state index in [1.807, 2.05) is 23.9 Å². The fourth-order valence-corrected chi connectivity index (χ4v) is 3.45. The Morgan fingerprint density at radius 1 is 1.39 bits per heavy atom. The summed E-state index contributed by atoms with van der Waals surface area (Å²) in [6, 6.07) is 3.57. The average Bonchev–Trinajstić information content (AvgIpc) is 3.09. The minimum Gasteiger partial charge on any atom is -0.347 e. The van der Waals surface area contributed by atoms with Gasteiger partial charge in [-0.05, 0) is 12.1 Å². The highest BCUT2D eigenvalue weighted by Gasteiger charge is 2.25. The summed E-state index contributed by atoms with van der Waals surface area (Å²) >= 11 is 0. The third kappa shape index (κ3) is 3.15. The summed E-state index contributed by atoms with van der Waals surface area (Å²) in [5.74, 6) is 0.548. The van der Waals surface area contributed by atoms with Crippen LogP contribution in [0.25, 0.3) is 0 Å². The van der Waals surface area contributed by atoms with Gasteiger partial charge < -0.3 is 14.5 Å². The Hall–Kier alpha value is -2.13. The van der Waals surface area contributed by atoms with Crippen molar-refractivity contribution >= 4 is 15.9 Å². The smallest absolute Gasteiger partial charge is 0.268 e. The molecular weight excluding hydrogens is 318 g/mol. The first-order valence-electron chi connectivity index (χ1n) is 7.24. The fraction of sp³-hybridized carbons (Fsp3) is 0.429. The van der Waals surface area contributed by atoms with E-state index in [2.05, 4.69) is 10.3 Å². The molecule has 8 nitrogen and oxygen atoms in total. The predicted octanol–water partition coefficient (Wildman–Crippen LogP) is -0.0732. The van der Waals surface area contributed by atoms with Gasteiger partial charge >= 0.3 is 0 Å². The summed E-state index contributed by atoms with van der Waals surface area (Å²) in [4.78, 5) is 16.4. The summed E-state index contributed by atoms with van der Waals surface area (Å²) in [5, 5.41) is 2.87. The Balaban J connectivity index is 1.69. The lowest BCUT2D eigenvalue weighted by Gasteiger charge is -2.26. The number of carbonyl (C=O) groups is 1. The van der Waals surface area contributed by atoms with Crippen LogP contribution in [0.2, 0.25) is 0 Å². The van der Waals surface area contributed by atoms with Crippen LogP contribution in [0.3, 0.4) is 0 Å². The molecule has 0 fully saturated rings. The molecule has 3 rings (SSSR count). The van der Waals surface area contributed by atoms with Crippen molar-refractivity contribution in [3.8, 4) is 0 Å². The summed E-state index contributed by atoms with van der Waals surface area (Å²) in [6.07, 6.45) is 4.70. The molecule has 0 unspecified atom stereocenters. The second-order valence-electron chi connectivity index (χ2n) is 5.60. The van der Waals surface area contributed by atoms with Crippen molar-refractivity contribution in [2.75, 3.05) is 12.8 Å². The number of aryl methyl sites for hydroxylation is 1. The second-order valence-corrected chi connectivity index (χ2v) is 7.58. The highest BCUT2D eigenvalue weighted by molar-refractivity contribution is 7.88. The van der Waals surface area contributed by atoms with Crippen molar-refractivity contribution in [2.45, 2.75) is 19.6 Å². The van der Waals surface area contributed by atoms with Gasteiger partial charge in [-0.15, -0.1) is 0 Å². The first-order valence-corrected chi connectivity index (χ1v) is 9.09. The van der Waals surface area contributed by atoms with Crippen molar-refractivity contribution < 1.29 is 13.2 Å². The van der Waals surface area contributed by atoms with Crippen LogP contribution >= 0.6 is 0 Å². The van der Waals surface area contributed by atoms with Gasteiger partial charge in [-0.1, -0.05) is 0 Å². The van der Waals surface area contributed by atoms with Crippen LogP contribution in [0.4, 0.5) is 0 Å². The number of imidazole rings is 1. The number of aromatic nitrogens is 3. The maximum absolute atomic E-state index is 12.1. The molecule has 0 atom stereocenters. The number of amides is 1. The Morgan fingerprint density at radius 3 is 2.83 bits per heavy atom. The van der Waals surface area contributed by atoms with Gasteiger partial charge in [0, 0.05) is 26.3 Å². The summed E-state index contributed by atoms with van der Waals surface area (Å²) in [5.41, 5.74) is 1.46. The molecule has 1 aliphatic rings. The molecule has 23 heavy (non-hydrogen) atoms. The quantitative estimate of drug-likeness (QED) is 0.845. The lowest BCUT2D eigenvalue weighted by Crippen LogP contribution is -2.38. The van der Waals surface area contributed by atoms with E-state index in [-0.39, 0.29) is 12.5 Å². The number of hydrogen-bond donors (Lipinski definition) is 1. The highest BCUT2D eigenvalue weighted by atomic mass is 32.2. The molecule has 1 N–H and O–H groups in total. The van der Waals surface area contributed by atoms with E-state index in [1.54, 1.807) is 16.8 Å². The van der Waals surface area contributed by atoms with Crippen molar-refractivity contribution in [2.24, 2.45) is 7.05 Å². The molecular formula is C14H19N5O3S. The maximum atomic E-state index is 12.1. The number of carbonyl (C=O) groups excluding carboxylic acids is 1. The van der Waals surface area contributed by atoms with Crippen molar-refractivity contribution in [3.05, 3.63) is 41.7 Å². The minimum absolute atomic E-state index is 0.151. The van der Waals surface area contributed by atoms with E-state index in [4.69, 9.17) is 0 Å². The molecule has 0 bridgehead atoms. The van der Waals surface area contributed by atoms with E-state index in [0.29, 0.717) is 31.2 Å². The molecule has 0 aromatic carbocycles. The first kappa shape index (κ1) is 15.8. The molecule has 2 aromatic heterocycles. The van der Waals surface area contributed by atoms with Crippen molar-refractivity contribution in [1.29, 1.82) is 0 Å². The summed E-state index contributed by atoms with van der Waals surface area (Å²) < 4.78 is 28.3. The molecule has 0 radical (unpaired) electrons. The zero-order valence-corrected chi connectivity index (χ0v) is 13.9. The molecule has 2 aromatic rings. The number of hydrogen-bond acceptors (Lipinski definition) is 4. The highest BCUT2D eigenvalue weighted by Crippen LogP contribution is 2.16. The molecule has 0 saturated carbocycles. The van der Waals surface area contributed by atoms with E-state index in [1.165, 1.54) is 10.6 Å². The summed E-state index contributed by atoms with van der Waals surface area (Å²) in [6.45, 7) is 1.58. The van der Waals surface area contributed by atoms with Gasteiger partial charge in [-0.3, -0.25) is 4.79 Å². The molecule has 0 spiro atoms. The normalized spacial score (nSPS) is 15.4. The fourth-order valence-electron chi connectivity index (χ4n) is 2.68. The third-order valence-corrected chi connectivity index (χ3v) is 5.24. The van der Waals surface area contributed by atoms with Gasteiger partial charge in [-0.2, -0.15) is 4.31 Å². The van der Waals surface area contributed by atoms with E-state index in [0.717, 1.165) is 5.69 Å². The molecule has 9 heteroatoms. The van der Waals surface area contributed by atoms with Gasteiger partial charge in [0.15, 0.2) is 0 Å². The lowest BCUT2D eigenvalue weighted by atomic mass is 10.3. The molecule has 0 saturated heterocycles. The van der Waals surface area contributed by atoms with Gasteiger partial charge in [0.25, 0.3) is 5.91 Å². The number of rotatable bonds is 4. The van der Waals surface area contributed by atoms with Crippen LogP contribution in [0, 0.1) is 0 Å². The number of fused-ring (bicyclic) bond motifs is 1. The maximum Gasteiger partial charge on any atom is 0.268 e. The lowest BCUT2D eigenvalue weighted by molar-refractivity contribution is 0.0941. The topological polar surface area (TPSA) is 89.2 Å². The zero-order valence-electron chi connectivity index (χ0n) is 13.1. The molecule has 124 valence electrons. The van der Waals surface area contributed by atoms with Gasteiger partial charge in [0.1, 0.15) is 11.5 Å². The molecule has 1 amide bonds. The number of nitrogens with zero attached hydrogens (tertiary/aromatic N) is 4. The van der Waals surface area contributed by atoms with E-state index < -0.39 is 10.0 Å².